The number of rotatable bonds is 3. The van der Waals surface area contributed by atoms with Gasteiger partial charge < -0.3 is 4.42 Å². The molecule has 140 valence electrons. The average Bonchev–Trinajstić information content (AvgIpc) is 2.91. The third kappa shape index (κ3) is 3.14. The monoisotopic (exact) mass is 383 g/mol. The SMILES string of the molecule is Cc1cc2oc3c(c2cc1NS(=O)(=O)c1ccccc1)C(=O)CC(C)(C)C3. The number of Topliss-reactive ketones (excluding diaryl/α,β-unsaturated/α-hetero) is 1. The molecule has 27 heavy (non-hydrogen) atoms. The van der Waals surface area contributed by atoms with Gasteiger partial charge in [-0.15, -0.1) is 0 Å². The van der Waals surface area contributed by atoms with Crippen molar-refractivity contribution < 1.29 is 17.6 Å². The third-order valence-corrected chi connectivity index (χ3v) is 6.34. The molecular weight excluding hydrogens is 362 g/mol. The van der Waals surface area contributed by atoms with Gasteiger partial charge in [-0.1, -0.05) is 32.0 Å². The van der Waals surface area contributed by atoms with E-state index in [2.05, 4.69) is 4.72 Å². The lowest BCUT2D eigenvalue weighted by Gasteiger charge is -2.27. The van der Waals surface area contributed by atoms with E-state index in [-0.39, 0.29) is 16.1 Å². The van der Waals surface area contributed by atoms with Gasteiger partial charge in [-0.25, -0.2) is 8.42 Å². The van der Waals surface area contributed by atoms with Crippen LogP contribution in [0.3, 0.4) is 0 Å². The Bertz CT molecular complexity index is 1160. The molecule has 0 saturated heterocycles. The zero-order valence-electron chi connectivity index (χ0n) is 15.5. The van der Waals surface area contributed by atoms with Gasteiger partial charge >= 0.3 is 0 Å². The summed E-state index contributed by atoms with van der Waals surface area (Å²) in [5, 5.41) is 0.668. The molecule has 0 bridgehead atoms. The number of hydrogen-bond donors (Lipinski definition) is 1. The first-order valence-corrected chi connectivity index (χ1v) is 10.3. The van der Waals surface area contributed by atoms with Gasteiger partial charge in [0.05, 0.1) is 16.1 Å². The van der Waals surface area contributed by atoms with Crippen LogP contribution in [-0.4, -0.2) is 14.2 Å². The van der Waals surface area contributed by atoms with E-state index >= 15 is 0 Å². The Balaban J connectivity index is 1.81. The molecule has 4 rings (SSSR count). The number of hydrogen-bond acceptors (Lipinski definition) is 4. The molecule has 1 aliphatic carbocycles. The number of anilines is 1. The number of ketones is 1. The highest BCUT2D eigenvalue weighted by Gasteiger charge is 2.35. The molecule has 2 aromatic carbocycles. The van der Waals surface area contributed by atoms with Crippen molar-refractivity contribution in [3.05, 3.63) is 59.4 Å². The van der Waals surface area contributed by atoms with E-state index in [4.69, 9.17) is 4.42 Å². The van der Waals surface area contributed by atoms with E-state index in [9.17, 15) is 13.2 Å². The summed E-state index contributed by atoms with van der Waals surface area (Å²) in [5.41, 5.74) is 2.26. The van der Waals surface area contributed by atoms with Gasteiger partial charge in [-0.05, 0) is 42.2 Å². The summed E-state index contributed by atoms with van der Waals surface area (Å²) in [7, 11) is -3.71. The van der Waals surface area contributed by atoms with Crippen molar-refractivity contribution in [3.63, 3.8) is 0 Å². The van der Waals surface area contributed by atoms with Crippen molar-refractivity contribution in [2.75, 3.05) is 4.72 Å². The van der Waals surface area contributed by atoms with Crippen molar-refractivity contribution >= 4 is 32.5 Å². The van der Waals surface area contributed by atoms with Crippen LogP contribution in [-0.2, 0) is 16.4 Å². The number of nitrogens with one attached hydrogen (secondary N) is 1. The van der Waals surface area contributed by atoms with Crippen LogP contribution < -0.4 is 4.72 Å². The second kappa shape index (κ2) is 5.96. The van der Waals surface area contributed by atoms with Crippen LogP contribution in [0.1, 0.15) is 41.9 Å². The van der Waals surface area contributed by atoms with Gasteiger partial charge in [0.1, 0.15) is 11.3 Å². The number of carbonyl (C=O) groups excluding carboxylic acids is 1. The molecule has 0 atom stereocenters. The van der Waals surface area contributed by atoms with Crippen LogP contribution in [0.4, 0.5) is 5.69 Å². The van der Waals surface area contributed by atoms with E-state index in [1.807, 2.05) is 20.8 Å². The molecule has 6 heteroatoms. The number of benzene rings is 2. The molecule has 1 aromatic heterocycles. The molecule has 1 N–H and O–H groups in total. The smallest absolute Gasteiger partial charge is 0.261 e. The number of sulfonamides is 1. The minimum atomic E-state index is -3.71. The Hall–Kier alpha value is -2.60. The van der Waals surface area contributed by atoms with Gasteiger partial charge in [0.15, 0.2) is 5.78 Å². The normalized spacial score (nSPS) is 16.3. The van der Waals surface area contributed by atoms with E-state index in [1.54, 1.807) is 42.5 Å². The molecule has 3 aromatic rings. The largest absolute Gasteiger partial charge is 0.460 e. The maximum Gasteiger partial charge on any atom is 0.261 e. The lowest BCUT2D eigenvalue weighted by Crippen LogP contribution is -2.25. The fraction of sp³-hybridized carbons (Fsp3) is 0.286. The topological polar surface area (TPSA) is 76.4 Å². The summed E-state index contributed by atoms with van der Waals surface area (Å²) in [5.74, 6) is 0.731. The molecular formula is C21H21NO4S. The standard InChI is InChI=1S/C21H21NO4S/c1-13-9-18-15(20-17(23)11-21(2,3)12-19(20)26-18)10-16(13)22-27(24,25)14-7-5-4-6-8-14/h4-10,22H,11-12H2,1-3H3. The third-order valence-electron chi connectivity index (χ3n) is 4.96. The van der Waals surface area contributed by atoms with Gasteiger partial charge in [0, 0.05) is 18.2 Å². The van der Waals surface area contributed by atoms with E-state index in [1.165, 1.54) is 0 Å². The number of fused-ring (bicyclic) bond motifs is 3. The molecule has 1 aliphatic rings. The molecule has 0 saturated carbocycles. The Morgan fingerprint density at radius 1 is 1.07 bits per heavy atom. The zero-order chi connectivity index (χ0) is 19.4. The fourth-order valence-corrected chi connectivity index (χ4v) is 4.80. The van der Waals surface area contributed by atoms with Crippen LogP contribution in [0.5, 0.6) is 0 Å². The molecule has 0 unspecified atom stereocenters. The Labute approximate surface area is 158 Å². The Kier molecular flexibility index (Phi) is 3.93. The minimum Gasteiger partial charge on any atom is -0.460 e. The minimum absolute atomic E-state index is 0.0423. The van der Waals surface area contributed by atoms with Gasteiger partial charge in [0.2, 0.25) is 0 Å². The van der Waals surface area contributed by atoms with Crippen LogP contribution >= 0.6 is 0 Å². The molecule has 5 nitrogen and oxygen atoms in total. The van der Waals surface area contributed by atoms with Crippen molar-refractivity contribution in [3.8, 4) is 0 Å². The highest BCUT2D eigenvalue weighted by Crippen LogP contribution is 2.41. The molecule has 0 amide bonds. The van der Waals surface area contributed by atoms with Gasteiger partial charge in [0.25, 0.3) is 10.0 Å². The maximum atomic E-state index is 12.7. The zero-order valence-corrected chi connectivity index (χ0v) is 16.3. The summed E-state index contributed by atoms with van der Waals surface area (Å²) < 4.78 is 33.9. The average molecular weight is 383 g/mol. The van der Waals surface area contributed by atoms with Crippen molar-refractivity contribution in [1.82, 2.24) is 0 Å². The van der Waals surface area contributed by atoms with E-state index in [0.29, 0.717) is 40.8 Å². The van der Waals surface area contributed by atoms with E-state index in [0.717, 1.165) is 5.56 Å². The summed E-state index contributed by atoms with van der Waals surface area (Å²) >= 11 is 0. The molecule has 0 fully saturated rings. The first-order valence-electron chi connectivity index (χ1n) is 8.83. The van der Waals surface area contributed by atoms with E-state index < -0.39 is 10.0 Å². The molecule has 0 radical (unpaired) electrons. The van der Waals surface area contributed by atoms with Crippen LogP contribution in [0.15, 0.2) is 51.8 Å². The second-order valence-electron chi connectivity index (χ2n) is 7.92. The first-order chi connectivity index (χ1) is 12.7. The van der Waals surface area contributed by atoms with Crippen LogP contribution in [0.25, 0.3) is 11.0 Å². The van der Waals surface area contributed by atoms with Gasteiger partial charge in [-0.3, -0.25) is 9.52 Å². The summed E-state index contributed by atoms with van der Waals surface area (Å²) in [6, 6.07) is 11.7. The van der Waals surface area contributed by atoms with Crippen molar-refractivity contribution in [1.29, 1.82) is 0 Å². The number of furan rings is 1. The number of carbonyl (C=O) groups is 1. The first kappa shape index (κ1) is 17.8. The molecule has 0 aliphatic heterocycles. The van der Waals surface area contributed by atoms with Crippen LogP contribution in [0, 0.1) is 12.3 Å². The Morgan fingerprint density at radius 3 is 2.48 bits per heavy atom. The highest BCUT2D eigenvalue weighted by atomic mass is 32.2. The summed E-state index contributed by atoms with van der Waals surface area (Å²) in [6.07, 6.45) is 1.14. The predicted molar refractivity (Wildman–Crippen MR) is 105 cm³/mol. The quantitative estimate of drug-likeness (QED) is 0.711. The lowest BCUT2D eigenvalue weighted by atomic mass is 9.76. The van der Waals surface area contributed by atoms with Crippen LogP contribution in [0.2, 0.25) is 0 Å². The summed E-state index contributed by atoms with van der Waals surface area (Å²) in [4.78, 5) is 12.9. The second-order valence-corrected chi connectivity index (χ2v) is 9.61. The van der Waals surface area contributed by atoms with Crippen molar-refractivity contribution in [2.24, 2.45) is 5.41 Å². The maximum absolute atomic E-state index is 12.7. The Morgan fingerprint density at radius 2 is 1.78 bits per heavy atom. The highest BCUT2D eigenvalue weighted by molar-refractivity contribution is 7.92. The van der Waals surface area contributed by atoms with Gasteiger partial charge in [-0.2, -0.15) is 0 Å². The fourth-order valence-electron chi connectivity index (χ4n) is 3.66. The molecule has 0 spiro atoms. The molecule has 1 heterocycles. The predicted octanol–water partition coefficient (Wildman–Crippen LogP) is 4.70. The van der Waals surface area contributed by atoms with Crippen molar-refractivity contribution in [2.45, 2.75) is 38.5 Å². The number of aryl methyl sites for hydroxylation is 1. The summed E-state index contributed by atoms with van der Waals surface area (Å²) in [6.45, 7) is 5.91. The lowest BCUT2D eigenvalue weighted by molar-refractivity contribution is 0.0906.